The Morgan fingerprint density at radius 1 is 1.29 bits per heavy atom. The first kappa shape index (κ1) is 16.8. The van der Waals surface area contributed by atoms with E-state index >= 15 is 0 Å². The molecule has 0 amide bonds. The molecule has 0 aromatic heterocycles. The Labute approximate surface area is 135 Å². The number of anilines is 1. The SMILES string of the molecule is CCN1CCC(NS(=O)(=O)c2c(Cl)cc(N)cc2Cl)CC1. The number of halogens is 2. The lowest BCUT2D eigenvalue weighted by Crippen LogP contribution is -2.44. The number of nitrogens with two attached hydrogens (primary N) is 1. The van der Waals surface area contributed by atoms with Gasteiger partial charge in [0.25, 0.3) is 0 Å². The summed E-state index contributed by atoms with van der Waals surface area (Å²) in [5.41, 5.74) is 5.93. The summed E-state index contributed by atoms with van der Waals surface area (Å²) in [6, 6.07) is 2.69. The maximum atomic E-state index is 12.5. The highest BCUT2D eigenvalue weighted by atomic mass is 35.5. The summed E-state index contributed by atoms with van der Waals surface area (Å²) < 4.78 is 27.6. The molecule has 118 valence electrons. The van der Waals surface area contributed by atoms with Crippen molar-refractivity contribution in [1.82, 2.24) is 9.62 Å². The van der Waals surface area contributed by atoms with Gasteiger partial charge >= 0.3 is 0 Å². The van der Waals surface area contributed by atoms with Crippen molar-refractivity contribution in [2.75, 3.05) is 25.4 Å². The lowest BCUT2D eigenvalue weighted by atomic mass is 10.1. The van der Waals surface area contributed by atoms with Crippen LogP contribution in [0.5, 0.6) is 0 Å². The van der Waals surface area contributed by atoms with E-state index in [1.165, 1.54) is 12.1 Å². The van der Waals surface area contributed by atoms with Gasteiger partial charge in [0, 0.05) is 11.7 Å². The summed E-state index contributed by atoms with van der Waals surface area (Å²) in [5, 5.41) is 0.0805. The van der Waals surface area contributed by atoms with Crippen LogP contribution in [0.1, 0.15) is 19.8 Å². The van der Waals surface area contributed by atoms with Crippen LogP contribution in [0.25, 0.3) is 0 Å². The maximum absolute atomic E-state index is 12.5. The third-order valence-electron chi connectivity index (χ3n) is 3.65. The number of hydrogen-bond acceptors (Lipinski definition) is 4. The highest BCUT2D eigenvalue weighted by molar-refractivity contribution is 7.89. The lowest BCUT2D eigenvalue weighted by Gasteiger charge is -2.31. The fraction of sp³-hybridized carbons (Fsp3) is 0.538. The van der Waals surface area contributed by atoms with Crippen LogP contribution < -0.4 is 10.5 Å². The van der Waals surface area contributed by atoms with E-state index in [0.29, 0.717) is 5.69 Å². The molecule has 0 bridgehead atoms. The van der Waals surface area contributed by atoms with Crippen molar-refractivity contribution < 1.29 is 8.42 Å². The van der Waals surface area contributed by atoms with E-state index in [1.54, 1.807) is 0 Å². The normalized spacial score (nSPS) is 18.0. The van der Waals surface area contributed by atoms with Crippen molar-refractivity contribution in [3.63, 3.8) is 0 Å². The summed E-state index contributed by atoms with van der Waals surface area (Å²) in [6.07, 6.45) is 1.55. The van der Waals surface area contributed by atoms with E-state index in [-0.39, 0.29) is 21.0 Å². The van der Waals surface area contributed by atoms with E-state index in [1.807, 2.05) is 0 Å². The summed E-state index contributed by atoms with van der Waals surface area (Å²) in [4.78, 5) is 2.19. The predicted octanol–water partition coefficient (Wildman–Crippen LogP) is 2.34. The molecule has 1 aliphatic rings. The number of rotatable bonds is 4. The predicted molar refractivity (Wildman–Crippen MR) is 86.3 cm³/mol. The largest absolute Gasteiger partial charge is 0.399 e. The Bertz CT molecular complexity index is 591. The lowest BCUT2D eigenvalue weighted by molar-refractivity contribution is 0.217. The van der Waals surface area contributed by atoms with Crippen LogP contribution in [-0.2, 0) is 10.0 Å². The summed E-state index contributed by atoms with van der Waals surface area (Å²) in [6.45, 7) is 4.84. The molecule has 0 unspecified atom stereocenters. The van der Waals surface area contributed by atoms with Gasteiger partial charge in [-0.25, -0.2) is 13.1 Å². The van der Waals surface area contributed by atoms with Crippen LogP contribution in [0.4, 0.5) is 5.69 Å². The molecule has 8 heteroatoms. The van der Waals surface area contributed by atoms with Crippen LogP contribution in [0, 0.1) is 0 Å². The van der Waals surface area contributed by atoms with Gasteiger partial charge in [0.1, 0.15) is 4.90 Å². The number of nitrogens with zero attached hydrogens (tertiary/aromatic N) is 1. The molecule has 1 aromatic rings. The highest BCUT2D eigenvalue weighted by Gasteiger charge is 2.27. The second kappa shape index (κ2) is 6.71. The number of nitrogens with one attached hydrogen (secondary N) is 1. The quantitative estimate of drug-likeness (QED) is 0.816. The zero-order valence-electron chi connectivity index (χ0n) is 11.8. The van der Waals surface area contributed by atoms with Crippen molar-refractivity contribution in [3.8, 4) is 0 Å². The van der Waals surface area contributed by atoms with Crippen LogP contribution in [0.2, 0.25) is 10.0 Å². The van der Waals surface area contributed by atoms with Crippen LogP contribution in [0.15, 0.2) is 17.0 Å². The zero-order valence-corrected chi connectivity index (χ0v) is 14.1. The fourth-order valence-electron chi connectivity index (χ4n) is 2.48. The number of sulfonamides is 1. The first-order valence-electron chi connectivity index (χ1n) is 6.82. The standard InChI is InChI=1S/C13H19Cl2N3O2S/c1-2-18-5-3-10(4-6-18)17-21(19,20)13-11(14)7-9(16)8-12(13)15/h7-8,10,17H,2-6,16H2,1H3. The Hall–Kier alpha value is -0.530. The molecule has 5 nitrogen and oxygen atoms in total. The first-order valence-corrected chi connectivity index (χ1v) is 9.06. The second-order valence-corrected chi connectivity index (χ2v) is 7.61. The first-order chi connectivity index (χ1) is 9.83. The Morgan fingerprint density at radius 3 is 2.29 bits per heavy atom. The molecule has 21 heavy (non-hydrogen) atoms. The minimum Gasteiger partial charge on any atom is -0.399 e. The Balaban J connectivity index is 2.16. The number of hydrogen-bond donors (Lipinski definition) is 2. The van der Waals surface area contributed by atoms with Gasteiger partial charge < -0.3 is 10.6 Å². The molecule has 0 atom stereocenters. The smallest absolute Gasteiger partial charge is 0.243 e. The van der Waals surface area contributed by atoms with Gasteiger partial charge in [-0.05, 0) is 44.6 Å². The number of piperidine rings is 1. The van der Waals surface area contributed by atoms with Crippen molar-refractivity contribution in [2.45, 2.75) is 30.7 Å². The molecule has 0 aliphatic carbocycles. The average molecular weight is 352 g/mol. The molecule has 1 heterocycles. The topological polar surface area (TPSA) is 75.4 Å². The van der Waals surface area contributed by atoms with Crippen molar-refractivity contribution in [2.24, 2.45) is 0 Å². The number of likely N-dealkylation sites (tertiary alicyclic amines) is 1. The zero-order chi connectivity index (χ0) is 15.6. The molecule has 1 saturated heterocycles. The summed E-state index contributed by atoms with van der Waals surface area (Å²) >= 11 is 12.0. The molecule has 1 aliphatic heterocycles. The van der Waals surface area contributed by atoms with Crippen molar-refractivity contribution in [3.05, 3.63) is 22.2 Å². The summed E-state index contributed by atoms with van der Waals surface area (Å²) in [5.74, 6) is 0. The average Bonchev–Trinajstić information content (AvgIpc) is 2.37. The third-order valence-corrected chi connectivity index (χ3v) is 6.09. The van der Waals surface area contributed by atoms with Crippen LogP contribution >= 0.6 is 23.2 Å². The molecule has 2 rings (SSSR count). The molecular formula is C13H19Cl2N3O2S. The fourth-order valence-corrected chi connectivity index (χ4v) is 5.02. The number of nitrogen functional groups attached to an aromatic ring is 1. The van der Waals surface area contributed by atoms with Gasteiger partial charge in [-0.1, -0.05) is 30.1 Å². The molecule has 3 N–H and O–H groups in total. The van der Waals surface area contributed by atoms with Gasteiger partial charge in [0.2, 0.25) is 10.0 Å². The molecule has 0 radical (unpaired) electrons. The highest BCUT2D eigenvalue weighted by Crippen LogP contribution is 2.32. The second-order valence-electron chi connectivity index (χ2n) is 5.14. The molecule has 0 spiro atoms. The minimum absolute atomic E-state index is 0.0403. The van der Waals surface area contributed by atoms with Gasteiger partial charge in [-0.3, -0.25) is 0 Å². The minimum atomic E-state index is -3.75. The third kappa shape index (κ3) is 4.02. The van der Waals surface area contributed by atoms with Crippen LogP contribution in [0.3, 0.4) is 0 Å². The van der Waals surface area contributed by atoms with Gasteiger partial charge in [0.05, 0.1) is 10.0 Å². The molecule has 1 fully saturated rings. The van der Waals surface area contributed by atoms with E-state index < -0.39 is 10.0 Å². The van der Waals surface area contributed by atoms with E-state index in [4.69, 9.17) is 28.9 Å². The Morgan fingerprint density at radius 2 is 1.81 bits per heavy atom. The number of benzene rings is 1. The molecule has 0 saturated carbocycles. The molecule has 1 aromatic carbocycles. The van der Waals surface area contributed by atoms with E-state index in [9.17, 15) is 8.42 Å². The van der Waals surface area contributed by atoms with Gasteiger partial charge in [0.15, 0.2) is 0 Å². The monoisotopic (exact) mass is 351 g/mol. The van der Waals surface area contributed by atoms with Crippen LogP contribution in [-0.4, -0.2) is 39.0 Å². The Kier molecular flexibility index (Phi) is 5.38. The van der Waals surface area contributed by atoms with E-state index in [2.05, 4.69) is 16.5 Å². The summed E-state index contributed by atoms with van der Waals surface area (Å²) in [7, 11) is -3.75. The molecular weight excluding hydrogens is 333 g/mol. The van der Waals surface area contributed by atoms with Gasteiger partial charge in [-0.2, -0.15) is 0 Å². The van der Waals surface area contributed by atoms with Gasteiger partial charge in [-0.15, -0.1) is 0 Å². The van der Waals surface area contributed by atoms with E-state index in [0.717, 1.165) is 32.5 Å². The van der Waals surface area contributed by atoms with Crippen molar-refractivity contribution in [1.29, 1.82) is 0 Å². The maximum Gasteiger partial charge on any atom is 0.243 e. The van der Waals surface area contributed by atoms with Crippen molar-refractivity contribution >= 4 is 38.9 Å².